The number of benzene rings is 1. The number of nitrogens with zero attached hydrogens (tertiary/aromatic N) is 3. The van der Waals surface area contributed by atoms with Gasteiger partial charge in [0.2, 0.25) is 5.91 Å². The summed E-state index contributed by atoms with van der Waals surface area (Å²) in [7, 11) is 0. The smallest absolute Gasteiger partial charge is 0.355 e. The van der Waals surface area contributed by atoms with E-state index in [0.29, 0.717) is 24.4 Å². The number of pyridine rings is 1. The fraction of sp³-hybridized carbons (Fsp3) is 0.222. The van der Waals surface area contributed by atoms with Crippen molar-refractivity contribution >= 4 is 18.3 Å². The molecule has 0 fully saturated rings. The maximum absolute atomic E-state index is 12.6. The third-order valence-electron chi connectivity index (χ3n) is 3.76. The summed E-state index contributed by atoms with van der Waals surface area (Å²) in [6.45, 7) is 0.440. The van der Waals surface area contributed by atoms with Gasteiger partial charge in [0, 0.05) is 30.4 Å². The Balaban J connectivity index is 0.00000280. The highest BCUT2D eigenvalue weighted by Crippen LogP contribution is 2.30. The molecule has 2 heterocycles. The van der Waals surface area contributed by atoms with Crippen molar-refractivity contribution in [3.8, 4) is 11.4 Å². The number of alkyl halides is 3. The Kier molecular flexibility index (Phi) is 7.11. The summed E-state index contributed by atoms with van der Waals surface area (Å²) >= 11 is 0. The van der Waals surface area contributed by atoms with Gasteiger partial charge in [-0.25, -0.2) is 4.98 Å². The fourth-order valence-electron chi connectivity index (χ4n) is 2.40. The summed E-state index contributed by atoms with van der Waals surface area (Å²) in [5, 5.41) is 9.34. The zero-order valence-corrected chi connectivity index (χ0v) is 15.3. The molecule has 0 unspecified atom stereocenters. The van der Waals surface area contributed by atoms with Crippen LogP contribution in [0.1, 0.15) is 17.1 Å². The molecule has 0 aliphatic heterocycles. The number of halogens is 4. The van der Waals surface area contributed by atoms with E-state index in [1.54, 1.807) is 6.20 Å². The van der Waals surface area contributed by atoms with E-state index in [9.17, 15) is 18.0 Å². The van der Waals surface area contributed by atoms with Crippen LogP contribution < -0.4 is 5.32 Å². The molecule has 0 aliphatic carbocycles. The lowest BCUT2D eigenvalue weighted by Crippen LogP contribution is -2.27. The van der Waals surface area contributed by atoms with Crippen LogP contribution in [0.2, 0.25) is 0 Å². The molecule has 3 rings (SSSR count). The van der Waals surface area contributed by atoms with Crippen molar-refractivity contribution in [2.75, 3.05) is 6.54 Å². The molecule has 148 valence electrons. The van der Waals surface area contributed by atoms with Crippen molar-refractivity contribution in [2.45, 2.75) is 19.0 Å². The van der Waals surface area contributed by atoms with Gasteiger partial charge in [0.15, 0.2) is 5.82 Å². The molecule has 0 atom stereocenters. The lowest BCUT2D eigenvalue weighted by molar-refractivity contribution is -0.137. The van der Waals surface area contributed by atoms with Gasteiger partial charge in [-0.15, -0.1) is 12.4 Å². The first-order valence-corrected chi connectivity index (χ1v) is 8.17. The first-order valence-electron chi connectivity index (χ1n) is 8.17. The molecule has 2 N–H and O–H groups in total. The van der Waals surface area contributed by atoms with Crippen LogP contribution in [0.5, 0.6) is 0 Å². The molecule has 0 bridgehead atoms. The first kappa shape index (κ1) is 21.4. The first-order chi connectivity index (χ1) is 12.9. The minimum absolute atomic E-state index is 0. The molecular formula is C18H17ClF3N5O. The Bertz CT molecular complexity index is 898. The number of aromatic amines is 1. The van der Waals surface area contributed by atoms with Crippen molar-refractivity contribution in [3.63, 3.8) is 0 Å². The number of carbonyl (C=O) groups is 1. The molecule has 6 nitrogen and oxygen atoms in total. The van der Waals surface area contributed by atoms with E-state index < -0.39 is 11.7 Å². The molecule has 2 aromatic heterocycles. The molecule has 1 aromatic carbocycles. The third kappa shape index (κ3) is 5.78. The summed E-state index contributed by atoms with van der Waals surface area (Å²) in [6, 6.07) is 10.1. The van der Waals surface area contributed by atoms with Crippen molar-refractivity contribution in [1.29, 1.82) is 0 Å². The van der Waals surface area contributed by atoms with E-state index in [1.807, 2.05) is 18.2 Å². The minimum Gasteiger partial charge on any atom is -0.355 e. The predicted octanol–water partition coefficient (Wildman–Crippen LogP) is 3.21. The van der Waals surface area contributed by atoms with Crippen LogP contribution in [0.4, 0.5) is 13.2 Å². The number of H-pyrrole nitrogens is 1. The number of nitrogens with one attached hydrogen (secondary N) is 2. The molecular weight excluding hydrogens is 395 g/mol. The quantitative estimate of drug-likeness (QED) is 0.652. The molecule has 0 spiro atoms. The van der Waals surface area contributed by atoms with E-state index in [2.05, 4.69) is 25.5 Å². The van der Waals surface area contributed by atoms with Crippen LogP contribution in [0.25, 0.3) is 11.4 Å². The Morgan fingerprint density at radius 3 is 2.50 bits per heavy atom. The largest absolute Gasteiger partial charge is 0.416 e. The summed E-state index contributed by atoms with van der Waals surface area (Å²) in [5.41, 5.74) is 0.567. The maximum Gasteiger partial charge on any atom is 0.416 e. The monoisotopic (exact) mass is 411 g/mol. The molecule has 0 aliphatic rings. The van der Waals surface area contributed by atoms with Crippen molar-refractivity contribution in [3.05, 3.63) is 65.7 Å². The normalized spacial score (nSPS) is 11.0. The molecule has 28 heavy (non-hydrogen) atoms. The number of rotatable bonds is 6. The number of hydrogen-bond donors (Lipinski definition) is 2. The van der Waals surface area contributed by atoms with E-state index in [-0.39, 0.29) is 30.6 Å². The van der Waals surface area contributed by atoms with Gasteiger partial charge >= 0.3 is 6.18 Å². The Labute approximate surface area is 165 Å². The molecule has 1 amide bonds. The Hall–Kier alpha value is -2.94. The standard InChI is InChI=1S/C18H16F3N5O.ClH/c19-18(20,21)13-6-4-12(5-7-13)17-24-15(25-26-17)11-16(27)23-10-8-14-3-1-2-9-22-14;/h1-7,9H,8,10-11H2,(H,23,27)(H,24,25,26);1H. The van der Waals surface area contributed by atoms with Crippen LogP contribution >= 0.6 is 12.4 Å². The molecule has 10 heteroatoms. The second kappa shape index (κ2) is 9.32. The van der Waals surface area contributed by atoms with Crippen molar-refractivity contribution in [2.24, 2.45) is 0 Å². The van der Waals surface area contributed by atoms with Gasteiger partial charge in [-0.2, -0.15) is 18.3 Å². The van der Waals surface area contributed by atoms with Gasteiger partial charge in [0.05, 0.1) is 12.0 Å². The second-order valence-electron chi connectivity index (χ2n) is 5.78. The summed E-state index contributed by atoms with van der Waals surface area (Å²) in [6.07, 6.45) is -2.10. The van der Waals surface area contributed by atoms with Gasteiger partial charge in [-0.3, -0.25) is 14.9 Å². The van der Waals surface area contributed by atoms with Crippen molar-refractivity contribution in [1.82, 2.24) is 25.5 Å². The van der Waals surface area contributed by atoms with Gasteiger partial charge in [0.1, 0.15) is 5.82 Å². The summed E-state index contributed by atoms with van der Waals surface area (Å²) in [4.78, 5) is 20.3. The van der Waals surface area contributed by atoms with Crippen LogP contribution in [0.3, 0.4) is 0 Å². The maximum atomic E-state index is 12.6. The molecule has 0 saturated heterocycles. The van der Waals surface area contributed by atoms with Crippen LogP contribution in [0.15, 0.2) is 48.7 Å². The predicted molar refractivity (Wildman–Crippen MR) is 98.7 cm³/mol. The second-order valence-corrected chi connectivity index (χ2v) is 5.78. The summed E-state index contributed by atoms with van der Waals surface area (Å²) < 4.78 is 37.8. The van der Waals surface area contributed by atoms with E-state index in [4.69, 9.17) is 0 Å². The fourth-order valence-corrected chi connectivity index (χ4v) is 2.40. The highest BCUT2D eigenvalue weighted by Gasteiger charge is 2.30. The third-order valence-corrected chi connectivity index (χ3v) is 3.76. The lowest BCUT2D eigenvalue weighted by Gasteiger charge is -2.06. The highest BCUT2D eigenvalue weighted by molar-refractivity contribution is 5.85. The van der Waals surface area contributed by atoms with Gasteiger partial charge in [-0.1, -0.05) is 18.2 Å². The van der Waals surface area contributed by atoms with E-state index in [0.717, 1.165) is 17.8 Å². The molecule has 0 saturated carbocycles. The van der Waals surface area contributed by atoms with E-state index >= 15 is 0 Å². The minimum atomic E-state index is -4.39. The van der Waals surface area contributed by atoms with E-state index in [1.165, 1.54) is 12.1 Å². The van der Waals surface area contributed by atoms with Gasteiger partial charge in [0.25, 0.3) is 0 Å². The average Bonchev–Trinajstić information content (AvgIpc) is 3.10. The summed E-state index contributed by atoms with van der Waals surface area (Å²) in [5.74, 6) is 0.335. The highest BCUT2D eigenvalue weighted by atomic mass is 35.5. The Morgan fingerprint density at radius 2 is 1.86 bits per heavy atom. The Morgan fingerprint density at radius 1 is 1.11 bits per heavy atom. The van der Waals surface area contributed by atoms with Crippen LogP contribution in [0, 0.1) is 0 Å². The number of amides is 1. The van der Waals surface area contributed by atoms with Gasteiger partial charge in [-0.05, 0) is 24.3 Å². The SMILES string of the molecule is Cl.O=C(Cc1nc(-c2ccc(C(F)(F)F)cc2)n[nH]1)NCCc1ccccn1. The number of hydrogen-bond acceptors (Lipinski definition) is 4. The van der Waals surface area contributed by atoms with Gasteiger partial charge < -0.3 is 5.32 Å². The zero-order valence-electron chi connectivity index (χ0n) is 14.5. The molecule has 0 radical (unpaired) electrons. The zero-order chi connectivity index (χ0) is 19.3. The average molecular weight is 412 g/mol. The number of carbonyl (C=O) groups excluding carboxylic acids is 1. The number of aromatic nitrogens is 4. The van der Waals surface area contributed by atoms with Crippen LogP contribution in [-0.4, -0.2) is 32.6 Å². The topological polar surface area (TPSA) is 83.6 Å². The van der Waals surface area contributed by atoms with Crippen molar-refractivity contribution < 1.29 is 18.0 Å². The lowest BCUT2D eigenvalue weighted by atomic mass is 10.1. The van der Waals surface area contributed by atoms with Crippen LogP contribution in [-0.2, 0) is 23.8 Å². The molecule has 3 aromatic rings.